The molecule has 0 aromatic heterocycles. The van der Waals surface area contributed by atoms with Gasteiger partial charge in [-0.1, -0.05) is 12.1 Å². The van der Waals surface area contributed by atoms with Crippen molar-refractivity contribution in [2.45, 2.75) is 44.8 Å². The molecule has 19 heavy (non-hydrogen) atoms. The lowest BCUT2D eigenvalue weighted by molar-refractivity contribution is 0.107. The van der Waals surface area contributed by atoms with Gasteiger partial charge >= 0.3 is 0 Å². The fraction of sp³-hybridized carbons (Fsp3) is 0.625. The van der Waals surface area contributed by atoms with Crippen LogP contribution in [0.1, 0.15) is 31.7 Å². The Hall–Kier alpha value is -1.06. The highest BCUT2D eigenvalue weighted by atomic mass is 16.5. The minimum Gasteiger partial charge on any atom is -0.497 e. The molecule has 0 spiro atoms. The van der Waals surface area contributed by atoms with Gasteiger partial charge in [0.1, 0.15) is 5.75 Å². The highest BCUT2D eigenvalue weighted by Gasteiger charge is 2.15. The van der Waals surface area contributed by atoms with Gasteiger partial charge in [-0.3, -0.25) is 0 Å². The lowest BCUT2D eigenvalue weighted by Gasteiger charge is -2.17. The third-order valence-corrected chi connectivity index (χ3v) is 3.74. The monoisotopic (exact) mass is 263 g/mol. The third-order valence-electron chi connectivity index (χ3n) is 3.74. The van der Waals surface area contributed by atoms with Gasteiger partial charge in [-0.25, -0.2) is 0 Å². The van der Waals surface area contributed by atoms with Crippen LogP contribution in [-0.2, 0) is 11.2 Å². The lowest BCUT2D eigenvalue weighted by Crippen LogP contribution is -2.33. The second kappa shape index (κ2) is 7.51. The zero-order valence-corrected chi connectivity index (χ0v) is 12.0. The highest BCUT2D eigenvalue weighted by Crippen LogP contribution is 2.14. The molecule has 1 aliphatic heterocycles. The van der Waals surface area contributed by atoms with Crippen LogP contribution in [0.2, 0.25) is 0 Å². The summed E-state index contributed by atoms with van der Waals surface area (Å²) in [6.45, 7) is 4.18. The van der Waals surface area contributed by atoms with E-state index in [9.17, 15) is 0 Å². The lowest BCUT2D eigenvalue weighted by atomic mass is 10.1. The van der Waals surface area contributed by atoms with Crippen LogP contribution in [0.15, 0.2) is 24.3 Å². The van der Waals surface area contributed by atoms with Crippen molar-refractivity contribution in [2.24, 2.45) is 0 Å². The predicted molar refractivity (Wildman–Crippen MR) is 77.8 cm³/mol. The molecular formula is C16H25NO2. The highest BCUT2D eigenvalue weighted by molar-refractivity contribution is 5.27. The van der Waals surface area contributed by atoms with E-state index in [0.29, 0.717) is 12.1 Å². The summed E-state index contributed by atoms with van der Waals surface area (Å²) in [7, 11) is 1.70. The molecule has 1 heterocycles. The van der Waals surface area contributed by atoms with Crippen LogP contribution in [0.3, 0.4) is 0 Å². The number of nitrogens with one attached hydrogen (secondary N) is 1. The van der Waals surface area contributed by atoms with Gasteiger partial charge in [-0.2, -0.15) is 0 Å². The van der Waals surface area contributed by atoms with Gasteiger partial charge in [0.25, 0.3) is 0 Å². The van der Waals surface area contributed by atoms with E-state index in [4.69, 9.17) is 9.47 Å². The maximum Gasteiger partial charge on any atom is 0.118 e. The van der Waals surface area contributed by atoms with Crippen molar-refractivity contribution in [3.05, 3.63) is 29.8 Å². The van der Waals surface area contributed by atoms with Crippen molar-refractivity contribution in [2.75, 3.05) is 20.3 Å². The van der Waals surface area contributed by atoms with Crippen LogP contribution in [-0.4, -0.2) is 32.4 Å². The summed E-state index contributed by atoms with van der Waals surface area (Å²) >= 11 is 0. The summed E-state index contributed by atoms with van der Waals surface area (Å²) in [4.78, 5) is 0. The number of rotatable bonds is 7. The number of benzene rings is 1. The van der Waals surface area contributed by atoms with Crippen LogP contribution in [0.25, 0.3) is 0 Å². The molecule has 3 heteroatoms. The second-order valence-electron chi connectivity index (χ2n) is 5.33. The van der Waals surface area contributed by atoms with Gasteiger partial charge in [-0.15, -0.1) is 0 Å². The summed E-state index contributed by atoms with van der Waals surface area (Å²) in [6, 6.07) is 8.88. The first kappa shape index (κ1) is 14.4. The zero-order valence-electron chi connectivity index (χ0n) is 12.0. The first-order chi connectivity index (χ1) is 9.28. The van der Waals surface area contributed by atoms with Gasteiger partial charge in [0.2, 0.25) is 0 Å². The van der Waals surface area contributed by atoms with Crippen molar-refractivity contribution in [1.29, 1.82) is 0 Å². The average Bonchev–Trinajstić information content (AvgIpc) is 2.96. The first-order valence-electron chi connectivity index (χ1n) is 7.26. The van der Waals surface area contributed by atoms with Crippen molar-refractivity contribution >= 4 is 0 Å². The van der Waals surface area contributed by atoms with Gasteiger partial charge in [0.15, 0.2) is 0 Å². The summed E-state index contributed by atoms with van der Waals surface area (Å²) in [6.07, 6.45) is 5.11. The summed E-state index contributed by atoms with van der Waals surface area (Å²) in [5.41, 5.74) is 1.37. The van der Waals surface area contributed by atoms with Crippen LogP contribution in [0.4, 0.5) is 0 Å². The molecule has 1 aliphatic rings. The standard InChI is InChI=1S/C16H25NO2/c1-13(17-12-16-4-3-11-19-16)5-6-14-7-9-15(18-2)10-8-14/h7-10,13,16-17H,3-6,11-12H2,1-2H3/t13-,16+/m1/s1. The molecule has 0 radical (unpaired) electrons. The zero-order chi connectivity index (χ0) is 13.5. The van der Waals surface area contributed by atoms with Crippen LogP contribution in [0, 0.1) is 0 Å². The van der Waals surface area contributed by atoms with E-state index in [2.05, 4.69) is 24.4 Å². The Kier molecular flexibility index (Phi) is 5.67. The Bertz CT molecular complexity index is 358. The Morgan fingerprint density at radius 3 is 2.79 bits per heavy atom. The van der Waals surface area contributed by atoms with E-state index in [1.807, 2.05) is 12.1 Å². The van der Waals surface area contributed by atoms with Gasteiger partial charge in [0.05, 0.1) is 13.2 Å². The maximum absolute atomic E-state index is 5.62. The van der Waals surface area contributed by atoms with Crippen LogP contribution < -0.4 is 10.1 Å². The molecule has 106 valence electrons. The van der Waals surface area contributed by atoms with Gasteiger partial charge < -0.3 is 14.8 Å². The normalized spacial score (nSPS) is 20.4. The Labute approximate surface area is 116 Å². The molecule has 0 aliphatic carbocycles. The molecule has 1 fully saturated rings. The van der Waals surface area contributed by atoms with E-state index >= 15 is 0 Å². The largest absolute Gasteiger partial charge is 0.497 e. The predicted octanol–water partition coefficient (Wildman–Crippen LogP) is 2.78. The molecule has 0 amide bonds. The Balaban J connectivity index is 1.65. The number of hydrogen-bond donors (Lipinski definition) is 1. The van der Waals surface area contributed by atoms with Crippen molar-refractivity contribution < 1.29 is 9.47 Å². The molecule has 2 rings (SSSR count). The molecular weight excluding hydrogens is 238 g/mol. The quantitative estimate of drug-likeness (QED) is 0.820. The Morgan fingerprint density at radius 2 is 2.16 bits per heavy atom. The summed E-state index contributed by atoms with van der Waals surface area (Å²) in [5, 5.41) is 3.57. The fourth-order valence-corrected chi connectivity index (χ4v) is 2.42. The summed E-state index contributed by atoms with van der Waals surface area (Å²) in [5.74, 6) is 0.924. The van der Waals surface area contributed by atoms with E-state index in [1.165, 1.54) is 18.4 Å². The van der Waals surface area contributed by atoms with Crippen molar-refractivity contribution in [3.8, 4) is 5.75 Å². The average molecular weight is 263 g/mol. The van der Waals surface area contributed by atoms with Crippen LogP contribution in [0.5, 0.6) is 5.75 Å². The Morgan fingerprint density at radius 1 is 1.37 bits per heavy atom. The van der Waals surface area contributed by atoms with E-state index < -0.39 is 0 Å². The molecule has 0 bridgehead atoms. The molecule has 2 atom stereocenters. The number of aryl methyl sites for hydroxylation is 1. The fourth-order valence-electron chi connectivity index (χ4n) is 2.42. The molecule has 1 saturated heterocycles. The molecule has 3 nitrogen and oxygen atoms in total. The van der Waals surface area contributed by atoms with Gasteiger partial charge in [0, 0.05) is 19.2 Å². The van der Waals surface area contributed by atoms with Crippen molar-refractivity contribution in [1.82, 2.24) is 5.32 Å². The molecule has 1 aromatic rings. The molecule has 1 aromatic carbocycles. The topological polar surface area (TPSA) is 30.5 Å². The third kappa shape index (κ3) is 4.84. The minimum atomic E-state index is 0.434. The second-order valence-corrected chi connectivity index (χ2v) is 5.33. The molecule has 0 unspecified atom stereocenters. The minimum absolute atomic E-state index is 0.434. The summed E-state index contributed by atoms with van der Waals surface area (Å²) < 4.78 is 10.8. The number of ether oxygens (including phenoxy) is 2. The number of hydrogen-bond acceptors (Lipinski definition) is 3. The molecule has 1 N–H and O–H groups in total. The SMILES string of the molecule is COc1ccc(CC[C@@H](C)NC[C@@H]2CCCO2)cc1. The van der Waals surface area contributed by atoms with Crippen LogP contribution >= 0.6 is 0 Å². The molecule has 0 saturated carbocycles. The van der Waals surface area contributed by atoms with E-state index in [1.54, 1.807) is 7.11 Å². The van der Waals surface area contributed by atoms with E-state index in [0.717, 1.165) is 31.7 Å². The van der Waals surface area contributed by atoms with Crippen molar-refractivity contribution in [3.63, 3.8) is 0 Å². The first-order valence-corrected chi connectivity index (χ1v) is 7.26. The van der Waals surface area contributed by atoms with E-state index in [-0.39, 0.29) is 0 Å². The van der Waals surface area contributed by atoms with Gasteiger partial charge in [-0.05, 0) is 50.3 Å². The maximum atomic E-state index is 5.62. The smallest absolute Gasteiger partial charge is 0.118 e. The number of methoxy groups -OCH3 is 1.